The van der Waals surface area contributed by atoms with Crippen LogP contribution in [0.3, 0.4) is 0 Å². The molecule has 0 aliphatic carbocycles. The van der Waals surface area contributed by atoms with Crippen LogP contribution in [0.4, 0.5) is 5.69 Å². The highest BCUT2D eigenvalue weighted by Crippen LogP contribution is 2.21. The molecule has 28 heavy (non-hydrogen) atoms. The summed E-state index contributed by atoms with van der Waals surface area (Å²) in [5.74, 6) is -0.333. The van der Waals surface area contributed by atoms with Gasteiger partial charge in [-0.15, -0.1) is 0 Å². The van der Waals surface area contributed by atoms with Gasteiger partial charge in [-0.1, -0.05) is 6.92 Å². The van der Waals surface area contributed by atoms with E-state index in [1.54, 1.807) is 19.1 Å². The van der Waals surface area contributed by atoms with Crippen molar-refractivity contribution < 1.29 is 18.3 Å². The van der Waals surface area contributed by atoms with Crippen LogP contribution >= 0.6 is 0 Å². The van der Waals surface area contributed by atoms with Gasteiger partial charge in [-0.25, -0.2) is 8.42 Å². The number of aliphatic hydroxyl groups is 1. The molecule has 1 atom stereocenters. The van der Waals surface area contributed by atoms with Crippen molar-refractivity contribution in [1.29, 1.82) is 0 Å². The summed E-state index contributed by atoms with van der Waals surface area (Å²) >= 11 is 0. The monoisotopic (exact) mass is 403 g/mol. The molecule has 2 aromatic rings. The van der Waals surface area contributed by atoms with E-state index >= 15 is 0 Å². The Bertz CT molecular complexity index is 905. The fraction of sp³-hybridized carbons (Fsp3) is 0.400. The molecule has 1 aromatic heterocycles. The minimum absolute atomic E-state index is 0.0123. The van der Waals surface area contributed by atoms with Crippen molar-refractivity contribution in [1.82, 2.24) is 10.3 Å². The van der Waals surface area contributed by atoms with Gasteiger partial charge in [-0.3, -0.25) is 9.78 Å². The summed E-state index contributed by atoms with van der Waals surface area (Å²) in [5, 5.41) is 12.4. The lowest BCUT2D eigenvalue weighted by Crippen LogP contribution is -2.31. The normalized spacial score (nSPS) is 15.4. The molecule has 150 valence electrons. The number of pyridine rings is 1. The first-order valence-corrected chi connectivity index (χ1v) is 11.1. The topological polar surface area (TPSA) is 99.6 Å². The maximum absolute atomic E-state index is 12.5. The van der Waals surface area contributed by atoms with E-state index < -0.39 is 15.9 Å². The third-order valence-electron chi connectivity index (χ3n) is 4.94. The molecule has 1 aliphatic rings. The predicted octanol–water partition coefficient (Wildman–Crippen LogP) is 1.94. The Kier molecular flexibility index (Phi) is 6.31. The van der Waals surface area contributed by atoms with Crippen molar-refractivity contribution in [3.63, 3.8) is 0 Å². The molecule has 0 saturated carbocycles. The average Bonchev–Trinajstić information content (AvgIpc) is 3.27. The molecule has 0 unspecified atom stereocenters. The first-order chi connectivity index (χ1) is 13.4. The molecule has 0 bridgehead atoms. The molecule has 1 aromatic carbocycles. The summed E-state index contributed by atoms with van der Waals surface area (Å²) in [4.78, 5) is 19.1. The van der Waals surface area contributed by atoms with E-state index in [1.165, 1.54) is 31.2 Å². The number of carbonyl (C=O) groups excluding carboxylic acids is 1. The van der Waals surface area contributed by atoms with Crippen LogP contribution in [-0.4, -0.2) is 49.9 Å². The van der Waals surface area contributed by atoms with E-state index in [4.69, 9.17) is 0 Å². The van der Waals surface area contributed by atoms with E-state index in [0.717, 1.165) is 18.8 Å². The Morgan fingerprint density at radius 3 is 2.39 bits per heavy atom. The first-order valence-electron chi connectivity index (χ1n) is 9.40. The van der Waals surface area contributed by atoms with E-state index in [1.807, 2.05) is 12.1 Å². The lowest BCUT2D eigenvalue weighted by Gasteiger charge is -2.19. The molecule has 1 fully saturated rings. The third-order valence-corrected chi connectivity index (χ3v) is 6.66. The second-order valence-corrected chi connectivity index (χ2v) is 9.05. The smallest absolute Gasteiger partial charge is 0.251 e. The van der Waals surface area contributed by atoms with Gasteiger partial charge in [0.05, 0.1) is 29.0 Å². The van der Waals surface area contributed by atoms with E-state index in [-0.39, 0.29) is 23.2 Å². The molecule has 2 N–H and O–H groups in total. The van der Waals surface area contributed by atoms with Gasteiger partial charge in [0.15, 0.2) is 9.84 Å². The predicted molar refractivity (Wildman–Crippen MR) is 107 cm³/mol. The zero-order valence-electron chi connectivity index (χ0n) is 15.8. The number of anilines is 1. The lowest BCUT2D eigenvalue weighted by molar-refractivity contribution is 0.0914. The van der Waals surface area contributed by atoms with E-state index in [2.05, 4.69) is 15.2 Å². The van der Waals surface area contributed by atoms with Crippen molar-refractivity contribution in [3.05, 3.63) is 53.9 Å². The number of aromatic nitrogens is 1. The molecule has 1 amide bonds. The Balaban J connectivity index is 1.69. The highest BCUT2D eigenvalue weighted by atomic mass is 32.2. The van der Waals surface area contributed by atoms with Gasteiger partial charge in [-0.05, 0) is 49.2 Å². The number of hydrogen-bond donors (Lipinski definition) is 2. The van der Waals surface area contributed by atoms with Crippen molar-refractivity contribution >= 4 is 21.4 Å². The zero-order valence-corrected chi connectivity index (χ0v) is 16.7. The molecule has 3 rings (SSSR count). The maximum atomic E-state index is 12.5. The fourth-order valence-corrected chi connectivity index (χ4v) is 4.02. The Morgan fingerprint density at radius 2 is 1.86 bits per heavy atom. The minimum atomic E-state index is -3.34. The summed E-state index contributed by atoms with van der Waals surface area (Å²) in [6.45, 7) is 3.29. The standard InChI is InChI=1S/C20H25N3O4S/c1-2-28(26,27)17-9-10-18(21-13-17)19(14-24)22-20(25)15-5-7-16(8-6-15)23-11-3-4-12-23/h5-10,13,19,24H,2-4,11-12,14H2,1H3,(H,22,25)/t19-/m0/s1. The maximum Gasteiger partial charge on any atom is 0.251 e. The van der Waals surface area contributed by atoms with Gasteiger partial charge in [0, 0.05) is 30.5 Å². The quantitative estimate of drug-likeness (QED) is 0.733. The van der Waals surface area contributed by atoms with Gasteiger partial charge >= 0.3 is 0 Å². The van der Waals surface area contributed by atoms with Crippen molar-refractivity contribution in [2.75, 3.05) is 30.3 Å². The first kappa shape index (κ1) is 20.3. The summed E-state index contributed by atoms with van der Waals surface area (Å²) < 4.78 is 23.7. The summed E-state index contributed by atoms with van der Waals surface area (Å²) in [6, 6.07) is 9.63. The summed E-state index contributed by atoms with van der Waals surface area (Å²) in [6.07, 6.45) is 3.63. The van der Waals surface area contributed by atoms with Crippen LogP contribution in [0.2, 0.25) is 0 Å². The number of benzene rings is 1. The number of carbonyl (C=O) groups is 1. The SMILES string of the molecule is CCS(=O)(=O)c1ccc([C@H](CO)NC(=O)c2ccc(N3CCCC3)cc2)nc1. The number of nitrogens with zero attached hydrogens (tertiary/aromatic N) is 2. The van der Waals surface area contributed by atoms with Crippen LogP contribution in [0.5, 0.6) is 0 Å². The molecule has 8 heteroatoms. The Morgan fingerprint density at radius 1 is 1.18 bits per heavy atom. The minimum Gasteiger partial charge on any atom is -0.394 e. The van der Waals surface area contributed by atoms with Crippen LogP contribution in [0, 0.1) is 0 Å². The Labute approximate surface area is 165 Å². The van der Waals surface area contributed by atoms with Crippen molar-refractivity contribution in [2.45, 2.75) is 30.7 Å². The highest BCUT2D eigenvalue weighted by Gasteiger charge is 2.19. The number of hydrogen-bond acceptors (Lipinski definition) is 6. The zero-order chi connectivity index (χ0) is 20.1. The second kappa shape index (κ2) is 8.70. The lowest BCUT2D eigenvalue weighted by atomic mass is 10.1. The molecule has 7 nitrogen and oxygen atoms in total. The Hall–Kier alpha value is -2.45. The van der Waals surface area contributed by atoms with Gasteiger partial charge in [0.1, 0.15) is 0 Å². The van der Waals surface area contributed by atoms with Gasteiger partial charge in [-0.2, -0.15) is 0 Å². The number of amides is 1. The van der Waals surface area contributed by atoms with Crippen molar-refractivity contribution in [2.24, 2.45) is 0 Å². The van der Waals surface area contributed by atoms with Gasteiger partial charge in [0.25, 0.3) is 5.91 Å². The molecular weight excluding hydrogens is 378 g/mol. The van der Waals surface area contributed by atoms with Gasteiger partial charge in [0.2, 0.25) is 0 Å². The number of rotatable bonds is 7. The molecule has 2 heterocycles. The van der Waals surface area contributed by atoms with Gasteiger partial charge < -0.3 is 15.3 Å². The van der Waals surface area contributed by atoms with Crippen LogP contribution in [-0.2, 0) is 9.84 Å². The second-order valence-electron chi connectivity index (χ2n) is 6.77. The van der Waals surface area contributed by atoms with E-state index in [9.17, 15) is 18.3 Å². The average molecular weight is 404 g/mol. The van der Waals surface area contributed by atoms with Crippen LogP contribution in [0.25, 0.3) is 0 Å². The van der Waals surface area contributed by atoms with Crippen molar-refractivity contribution in [3.8, 4) is 0 Å². The van der Waals surface area contributed by atoms with Crippen LogP contribution < -0.4 is 10.2 Å². The molecule has 1 aliphatic heterocycles. The molecule has 1 saturated heterocycles. The van der Waals surface area contributed by atoms with E-state index in [0.29, 0.717) is 11.3 Å². The largest absolute Gasteiger partial charge is 0.394 e. The summed E-state index contributed by atoms with van der Waals surface area (Å²) in [7, 11) is -3.34. The fourth-order valence-electron chi connectivity index (χ4n) is 3.20. The summed E-state index contributed by atoms with van der Waals surface area (Å²) in [5.41, 5.74) is 1.99. The molecule has 0 radical (unpaired) electrons. The van der Waals surface area contributed by atoms with Crippen LogP contribution in [0.15, 0.2) is 47.5 Å². The highest BCUT2D eigenvalue weighted by molar-refractivity contribution is 7.91. The number of nitrogens with one attached hydrogen (secondary N) is 1. The van der Waals surface area contributed by atoms with Crippen LogP contribution in [0.1, 0.15) is 41.9 Å². The third kappa shape index (κ3) is 4.51. The molecular formula is C20H25N3O4S. The molecule has 0 spiro atoms. The number of aliphatic hydroxyl groups excluding tert-OH is 1. The number of sulfone groups is 1.